The molecule has 0 radical (unpaired) electrons. The fourth-order valence-corrected chi connectivity index (χ4v) is 2.83. The highest BCUT2D eigenvalue weighted by Gasteiger charge is 2.16. The maximum Gasteiger partial charge on any atom is 0.387 e. The average Bonchev–Trinajstić information content (AvgIpc) is 2.63. The second-order valence-corrected chi connectivity index (χ2v) is 6.06. The van der Waals surface area contributed by atoms with E-state index in [4.69, 9.17) is 4.74 Å². The molecule has 0 atom stereocenters. The number of benzene rings is 1. The summed E-state index contributed by atoms with van der Waals surface area (Å²) in [6, 6.07) is 7.71. The van der Waals surface area contributed by atoms with E-state index in [2.05, 4.69) is 14.7 Å². The minimum atomic E-state index is -3.00. The van der Waals surface area contributed by atoms with E-state index < -0.39 is 17.9 Å². The van der Waals surface area contributed by atoms with E-state index in [1.54, 1.807) is 39.1 Å². The van der Waals surface area contributed by atoms with Gasteiger partial charge in [-0.15, -0.1) is 0 Å². The van der Waals surface area contributed by atoms with E-state index in [1.165, 1.54) is 22.9 Å². The summed E-state index contributed by atoms with van der Waals surface area (Å²) >= 11 is 0. The zero-order valence-corrected chi connectivity index (χ0v) is 15.3. The molecule has 3 aromatic rings. The Morgan fingerprint density at radius 1 is 1.18 bits per heavy atom. The van der Waals surface area contributed by atoms with Crippen molar-refractivity contribution in [3.63, 3.8) is 0 Å². The van der Waals surface area contributed by atoms with E-state index in [1.807, 2.05) is 0 Å². The molecule has 0 fully saturated rings. The van der Waals surface area contributed by atoms with Crippen LogP contribution in [0.3, 0.4) is 0 Å². The van der Waals surface area contributed by atoms with Gasteiger partial charge < -0.3 is 9.47 Å². The van der Waals surface area contributed by atoms with E-state index in [0.717, 1.165) is 0 Å². The fourth-order valence-electron chi connectivity index (χ4n) is 2.83. The highest BCUT2D eigenvalue weighted by atomic mass is 19.3. The number of alkyl halides is 2. The van der Waals surface area contributed by atoms with Crippen LogP contribution in [0.15, 0.2) is 46.1 Å². The molecule has 146 valence electrons. The summed E-state index contributed by atoms with van der Waals surface area (Å²) in [5, 5.41) is 0. The van der Waals surface area contributed by atoms with Gasteiger partial charge in [0, 0.05) is 24.4 Å². The van der Waals surface area contributed by atoms with Crippen LogP contribution in [0.1, 0.15) is 11.1 Å². The summed E-state index contributed by atoms with van der Waals surface area (Å²) in [4.78, 5) is 30.0. The van der Waals surface area contributed by atoms with Gasteiger partial charge in [-0.05, 0) is 49.7 Å². The number of rotatable bonds is 5. The van der Waals surface area contributed by atoms with Crippen LogP contribution >= 0.6 is 0 Å². The summed E-state index contributed by atoms with van der Waals surface area (Å²) in [6.45, 7) is 0.401. The molecule has 0 amide bonds. The molecule has 0 saturated carbocycles. The topological polar surface area (TPSA) is 86.2 Å². The van der Waals surface area contributed by atoms with Crippen LogP contribution in [0.25, 0.3) is 11.3 Å². The van der Waals surface area contributed by atoms with Crippen molar-refractivity contribution in [2.24, 2.45) is 7.05 Å². The number of H-pyrrole nitrogens is 1. The van der Waals surface area contributed by atoms with Gasteiger partial charge in [-0.25, -0.2) is 9.78 Å². The normalized spacial score (nSPS) is 10.9. The first kappa shape index (κ1) is 19.3. The Bertz CT molecular complexity index is 1100. The third-order valence-corrected chi connectivity index (χ3v) is 4.18. The molecule has 0 spiro atoms. The molecule has 0 bridgehead atoms. The Kier molecular flexibility index (Phi) is 5.25. The number of ether oxygens (including phenoxy) is 2. The van der Waals surface area contributed by atoms with Crippen LogP contribution in [-0.2, 0) is 7.05 Å². The molecule has 0 saturated heterocycles. The molecule has 0 unspecified atom stereocenters. The zero-order valence-electron chi connectivity index (χ0n) is 15.3. The second-order valence-electron chi connectivity index (χ2n) is 6.06. The van der Waals surface area contributed by atoms with Gasteiger partial charge >= 0.3 is 12.3 Å². The third kappa shape index (κ3) is 3.78. The minimum Gasteiger partial charge on any atom is -0.436 e. The minimum absolute atomic E-state index is 0.102. The number of aryl methyl sites for hydroxylation is 1. The first-order chi connectivity index (χ1) is 13.3. The van der Waals surface area contributed by atoms with Crippen molar-refractivity contribution in [1.82, 2.24) is 14.5 Å². The second kappa shape index (κ2) is 7.63. The van der Waals surface area contributed by atoms with Crippen LogP contribution in [0.2, 0.25) is 0 Å². The van der Waals surface area contributed by atoms with Crippen LogP contribution < -0.4 is 20.7 Å². The van der Waals surface area contributed by atoms with Gasteiger partial charge in [0.1, 0.15) is 5.75 Å². The predicted octanol–water partition coefficient (Wildman–Crippen LogP) is 3.15. The van der Waals surface area contributed by atoms with Crippen LogP contribution in [0.5, 0.6) is 17.4 Å². The van der Waals surface area contributed by atoms with Crippen molar-refractivity contribution in [1.29, 1.82) is 0 Å². The van der Waals surface area contributed by atoms with Crippen molar-refractivity contribution in [3.05, 3.63) is 68.5 Å². The van der Waals surface area contributed by atoms with Gasteiger partial charge in [0.2, 0.25) is 0 Å². The van der Waals surface area contributed by atoms with E-state index in [0.29, 0.717) is 28.1 Å². The fraction of sp³-hybridized carbons (Fsp3) is 0.211. The summed E-state index contributed by atoms with van der Waals surface area (Å²) in [6.07, 6.45) is 1.39. The van der Waals surface area contributed by atoms with Gasteiger partial charge in [0.15, 0.2) is 5.75 Å². The first-order valence-corrected chi connectivity index (χ1v) is 8.26. The monoisotopic (exact) mass is 389 g/mol. The standard InChI is InChI=1S/C19H17F2N3O4/c1-10-9-12(27-17-14(28-18(20)21)5-4-8-22-17)6-7-13(10)15-11(2)16(25)23-19(26)24(15)3/h4-9,18H,1-3H3,(H,23,25,26). The Morgan fingerprint density at radius 2 is 1.93 bits per heavy atom. The van der Waals surface area contributed by atoms with Gasteiger partial charge in [-0.2, -0.15) is 8.78 Å². The zero-order chi connectivity index (χ0) is 20.4. The quantitative estimate of drug-likeness (QED) is 0.725. The van der Waals surface area contributed by atoms with Crippen molar-refractivity contribution in [3.8, 4) is 28.6 Å². The first-order valence-electron chi connectivity index (χ1n) is 8.26. The van der Waals surface area contributed by atoms with E-state index in [9.17, 15) is 18.4 Å². The van der Waals surface area contributed by atoms with Crippen molar-refractivity contribution >= 4 is 0 Å². The molecular weight excluding hydrogens is 372 g/mol. The smallest absolute Gasteiger partial charge is 0.387 e. The SMILES string of the molecule is Cc1cc(Oc2ncccc2OC(F)F)ccc1-c1c(C)c(=O)[nH]c(=O)n1C. The molecule has 7 nitrogen and oxygen atoms in total. The highest BCUT2D eigenvalue weighted by Crippen LogP contribution is 2.33. The Morgan fingerprint density at radius 3 is 2.61 bits per heavy atom. The lowest BCUT2D eigenvalue weighted by molar-refractivity contribution is -0.0513. The lowest BCUT2D eigenvalue weighted by Crippen LogP contribution is -2.31. The van der Waals surface area contributed by atoms with Crippen molar-refractivity contribution in [2.45, 2.75) is 20.5 Å². The van der Waals surface area contributed by atoms with Gasteiger partial charge in [-0.1, -0.05) is 0 Å². The van der Waals surface area contributed by atoms with E-state index >= 15 is 0 Å². The van der Waals surface area contributed by atoms with E-state index in [-0.39, 0.29) is 11.6 Å². The molecule has 3 rings (SSSR count). The lowest BCUT2D eigenvalue weighted by atomic mass is 10.0. The molecule has 2 aromatic heterocycles. The summed E-state index contributed by atoms with van der Waals surface area (Å²) < 4.78 is 36.4. The number of hydrogen-bond donors (Lipinski definition) is 1. The number of hydrogen-bond acceptors (Lipinski definition) is 5. The van der Waals surface area contributed by atoms with Gasteiger partial charge in [0.25, 0.3) is 11.4 Å². The van der Waals surface area contributed by atoms with Crippen LogP contribution in [-0.4, -0.2) is 21.1 Å². The number of aromatic amines is 1. The molecular formula is C19H17F2N3O4. The van der Waals surface area contributed by atoms with Crippen LogP contribution in [0, 0.1) is 13.8 Å². The molecule has 0 aliphatic carbocycles. The molecule has 0 aliphatic heterocycles. The van der Waals surface area contributed by atoms with Crippen LogP contribution in [0.4, 0.5) is 8.78 Å². The van der Waals surface area contributed by atoms with Crippen molar-refractivity contribution < 1.29 is 18.3 Å². The maximum atomic E-state index is 12.5. The predicted molar refractivity (Wildman–Crippen MR) is 98.2 cm³/mol. The molecule has 2 heterocycles. The molecule has 1 N–H and O–H groups in total. The van der Waals surface area contributed by atoms with Crippen molar-refractivity contribution in [2.75, 3.05) is 0 Å². The summed E-state index contributed by atoms with van der Waals surface area (Å²) in [5.74, 6) is 0.0494. The maximum absolute atomic E-state index is 12.5. The Balaban J connectivity index is 2.00. The number of nitrogens with zero attached hydrogens (tertiary/aromatic N) is 2. The molecule has 9 heteroatoms. The molecule has 0 aliphatic rings. The molecule has 1 aromatic carbocycles. The largest absolute Gasteiger partial charge is 0.436 e. The number of pyridine rings is 1. The van der Waals surface area contributed by atoms with Gasteiger partial charge in [0.05, 0.1) is 5.69 Å². The molecule has 28 heavy (non-hydrogen) atoms. The average molecular weight is 389 g/mol. The number of halogens is 2. The Hall–Kier alpha value is -3.49. The highest BCUT2D eigenvalue weighted by molar-refractivity contribution is 5.67. The Labute approximate surface area is 158 Å². The summed E-state index contributed by atoms with van der Waals surface area (Å²) in [7, 11) is 1.56. The number of aromatic nitrogens is 3. The number of nitrogens with one attached hydrogen (secondary N) is 1. The van der Waals surface area contributed by atoms with Gasteiger partial charge in [-0.3, -0.25) is 14.3 Å². The summed E-state index contributed by atoms with van der Waals surface area (Å²) in [5.41, 5.74) is 1.29. The lowest BCUT2D eigenvalue weighted by Gasteiger charge is -2.15. The third-order valence-electron chi connectivity index (χ3n) is 4.18.